The van der Waals surface area contributed by atoms with Crippen molar-refractivity contribution >= 4 is 22.9 Å². The molecule has 1 fully saturated rings. The highest BCUT2D eigenvalue weighted by molar-refractivity contribution is 7.09. The lowest BCUT2D eigenvalue weighted by atomic mass is 10.1. The van der Waals surface area contributed by atoms with Gasteiger partial charge < -0.3 is 10.1 Å². The number of ether oxygens (including phenoxy) is 1. The molecule has 6 nitrogen and oxygen atoms in total. The number of nitrogens with zero attached hydrogens (tertiary/aromatic N) is 3. The minimum absolute atomic E-state index is 0.0528. The molecule has 2 aromatic heterocycles. The molecule has 0 bridgehead atoms. The molecule has 1 aliphatic rings. The monoisotopic (exact) mass is 348 g/mol. The quantitative estimate of drug-likeness (QED) is 0.862. The third-order valence-corrected chi connectivity index (χ3v) is 5.17. The summed E-state index contributed by atoms with van der Waals surface area (Å²) >= 11 is 1.49. The summed E-state index contributed by atoms with van der Waals surface area (Å²) < 4.78 is 7.56. The van der Waals surface area contributed by atoms with Gasteiger partial charge in [0, 0.05) is 18.5 Å². The molecule has 1 atom stereocenters. The molecule has 0 saturated carbocycles. The molecule has 7 heteroatoms. The van der Waals surface area contributed by atoms with Gasteiger partial charge in [0.1, 0.15) is 16.8 Å². The smallest absolute Gasteiger partial charge is 0.275 e. The summed E-state index contributed by atoms with van der Waals surface area (Å²) in [5, 5.41) is 9.97. The second-order valence-corrected chi connectivity index (χ2v) is 7.47. The lowest BCUT2D eigenvalue weighted by Crippen LogP contribution is -2.13. The molecule has 0 aromatic carbocycles. The van der Waals surface area contributed by atoms with Gasteiger partial charge in [-0.05, 0) is 32.1 Å². The first kappa shape index (κ1) is 17.1. The van der Waals surface area contributed by atoms with E-state index in [0.717, 1.165) is 48.8 Å². The number of aryl methyl sites for hydroxylation is 1. The van der Waals surface area contributed by atoms with E-state index in [1.165, 1.54) is 11.3 Å². The molecule has 0 radical (unpaired) electrons. The number of carbonyl (C=O) groups is 1. The summed E-state index contributed by atoms with van der Waals surface area (Å²) in [6, 6.07) is 0. The first-order valence-electron chi connectivity index (χ1n) is 8.45. The van der Waals surface area contributed by atoms with E-state index in [9.17, 15) is 4.79 Å². The minimum Gasteiger partial charge on any atom is -0.371 e. The Morgan fingerprint density at radius 3 is 3.08 bits per heavy atom. The Morgan fingerprint density at radius 1 is 1.54 bits per heavy atom. The van der Waals surface area contributed by atoms with Crippen LogP contribution in [-0.2, 0) is 11.3 Å². The van der Waals surface area contributed by atoms with Gasteiger partial charge in [-0.2, -0.15) is 5.10 Å². The van der Waals surface area contributed by atoms with E-state index in [4.69, 9.17) is 4.74 Å². The number of hydrogen-bond donors (Lipinski definition) is 1. The van der Waals surface area contributed by atoms with Gasteiger partial charge in [-0.3, -0.25) is 9.48 Å². The lowest BCUT2D eigenvalue weighted by molar-refractivity contribution is 0.101. The van der Waals surface area contributed by atoms with Crippen molar-refractivity contribution in [3.05, 3.63) is 28.0 Å². The second kappa shape index (κ2) is 7.44. The molecule has 130 valence electrons. The average Bonchev–Trinajstić information content (AvgIpc) is 3.26. The molecular formula is C17H24N4O2S. The Morgan fingerprint density at radius 2 is 2.38 bits per heavy atom. The van der Waals surface area contributed by atoms with Crippen molar-refractivity contribution in [3.8, 4) is 0 Å². The Bertz CT molecular complexity index is 701. The zero-order valence-electron chi connectivity index (χ0n) is 14.4. The Kier molecular flexibility index (Phi) is 5.30. The van der Waals surface area contributed by atoms with Crippen LogP contribution < -0.4 is 5.32 Å². The van der Waals surface area contributed by atoms with E-state index in [1.54, 1.807) is 11.6 Å². The highest BCUT2D eigenvalue weighted by Crippen LogP contribution is 2.30. The van der Waals surface area contributed by atoms with Gasteiger partial charge in [-0.15, -0.1) is 11.3 Å². The van der Waals surface area contributed by atoms with Gasteiger partial charge in [0.2, 0.25) is 0 Å². The minimum atomic E-state index is -0.193. The highest BCUT2D eigenvalue weighted by Gasteiger charge is 2.22. The van der Waals surface area contributed by atoms with Gasteiger partial charge in [-0.25, -0.2) is 4.98 Å². The van der Waals surface area contributed by atoms with Crippen molar-refractivity contribution in [1.29, 1.82) is 0 Å². The fraction of sp³-hybridized carbons (Fsp3) is 0.588. The largest absolute Gasteiger partial charge is 0.371 e. The zero-order valence-corrected chi connectivity index (χ0v) is 15.2. The molecule has 3 rings (SSSR count). The van der Waals surface area contributed by atoms with Crippen molar-refractivity contribution in [3.63, 3.8) is 0 Å². The predicted molar refractivity (Wildman–Crippen MR) is 94.4 cm³/mol. The third kappa shape index (κ3) is 3.84. The average molecular weight is 348 g/mol. The molecule has 24 heavy (non-hydrogen) atoms. The van der Waals surface area contributed by atoms with Crippen LogP contribution in [0.3, 0.4) is 0 Å². The van der Waals surface area contributed by atoms with Crippen LogP contribution in [0.4, 0.5) is 5.69 Å². The van der Waals surface area contributed by atoms with Gasteiger partial charge in [-0.1, -0.05) is 13.8 Å². The van der Waals surface area contributed by atoms with Gasteiger partial charge in [0.25, 0.3) is 5.91 Å². The van der Waals surface area contributed by atoms with Crippen molar-refractivity contribution in [1.82, 2.24) is 14.8 Å². The van der Waals surface area contributed by atoms with Crippen LogP contribution in [0, 0.1) is 12.8 Å². The van der Waals surface area contributed by atoms with Crippen LogP contribution in [0.1, 0.15) is 60.4 Å². The predicted octanol–water partition coefficient (Wildman–Crippen LogP) is 3.80. The van der Waals surface area contributed by atoms with Crippen LogP contribution in [0.15, 0.2) is 11.6 Å². The Balaban J connectivity index is 1.64. The number of aromatic nitrogens is 3. The molecule has 0 unspecified atom stereocenters. The van der Waals surface area contributed by atoms with E-state index in [2.05, 4.69) is 29.2 Å². The van der Waals surface area contributed by atoms with E-state index in [1.807, 2.05) is 11.6 Å². The first-order valence-corrected chi connectivity index (χ1v) is 9.33. The molecular weight excluding hydrogens is 324 g/mol. The fourth-order valence-corrected chi connectivity index (χ4v) is 3.55. The summed E-state index contributed by atoms with van der Waals surface area (Å²) in [5.74, 6) is 0.430. The summed E-state index contributed by atoms with van der Waals surface area (Å²) in [6.07, 6.45) is 4.86. The maximum atomic E-state index is 12.4. The number of carbonyl (C=O) groups excluding carboxylic acids is 1. The number of thiazole rings is 1. The van der Waals surface area contributed by atoms with Crippen molar-refractivity contribution < 1.29 is 9.53 Å². The molecule has 2 aromatic rings. The number of rotatable bonds is 6. The summed E-state index contributed by atoms with van der Waals surface area (Å²) in [6.45, 7) is 7.99. The maximum absolute atomic E-state index is 12.4. The van der Waals surface area contributed by atoms with E-state index in [0.29, 0.717) is 11.6 Å². The molecule has 1 N–H and O–H groups in total. The molecule has 1 saturated heterocycles. The lowest BCUT2D eigenvalue weighted by Gasteiger charge is -2.08. The van der Waals surface area contributed by atoms with Crippen LogP contribution in [-0.4, -0.2) is 27.3 Å². The van der Waals surface area contributed by atoms with Crippen LogP contribution in [0.25, 0.3) is 0 Å². The van der Waals surface area contributed by atoms with Gasteiger partial charge in [0.15, 0.2) is 0 Å². The number of anilines is 1. The van der Waals surface area contributed by atoms with Gasteiger partial charge >= 0.3 is 0 Å². The van der Waals surface area contributed by atoms with Crippen molar-refractivity contribution in [2.45, 2.75) is 52.7 Å². The molecule has 0 aliphatic carbocycles. The molecule has 0 spiro atoms. The second-order valence-electron chi connectivity index (χ2n) is 6.58. The number of hydrogen-bond acceptors (Lipinski definition) is 5. The SMILES string of the molecule is Cc1c(NC(=O)c2csc([C@@H]3CCCO3)n2)cnn1CCC(C)C. The Hall–Kier alpha value is -1.73. The van der Waals surface area contributed by atoms with E-state index >= 15 is 0 Å². The number of amides is 1. The summed E-state index contributed by atoms with van der Waals surface area (Å²) in [7, 11) is 0. The summed E-state index contributed by atoms with van der Waals surface area (Å²) in [4.78, 5) is 16.9. The number of nitrogens with one attached hydrogen (secondary N) is 1. The maximum Gasteiger partial charge on any atom is 0.275 e. The standard InChI is InChI=1S/C17H24N4O2S/c1-11(2)6-7-21-12(3)13(9-18-21)19-16(22)14-10-24-17(20-14)15-5-4-8-23-15/h9-11,15H,4-8H2,1-3H3,(H,19,22)/t15-/m0/s1. The van der Waals surface area contributed by atoms with E-state index in [-0.39, 0.29) is 12.0 Å². The van der Waals surface area contributed by atoms with Crippen LogP contribution >= 0.6 is 11.3 Å². The van der Waals surface area contributed by atoms with Gasteiger partial charge in [0.05, 0.1) is 17.6 Å². The normalized spacial score (nSPS) is 17.6. The van der Waals surface area contributed by atoms with E-state index < -0.39 is 0 Å². The van der Waals surface area contributed by atoms with Crippen LogP contribution in [0.5, 0.6) is 0 Å². The topological polar surface area (TPSA) is 69.0 Å². The van der Waals surface area contributed by atoms with Crippen molar-refractivity contribution in [2.24, 2.45) is 5.92 Å². The first-order chi connectivity index (χ1) is 11.5. The third-order valence-electron chi connectivity index (χ3n) is 4.23. The van der Waals surface area contributed by atoms with Crippen molar-refractivity contribution in [2.75, 3.05) is 11.9 Å². The molecule has 1 amide bonds. The zero-order chi connectivity index (χ0) is 17.1. The highest BCUT2D eigenvalue weighted by atomic mass is 32.1. The fourth-order valence-electron chi connectivity index (χ4n) is 2.67. The summed E-state index contributed by atoms with van der Waals surface area (Å²) in [5.41, 5.74) is 2.16. The Labute approximate surface area is 146 Å². The molecule has 3 heterocycles. The van der Waals surface area contributed by atoms with Crippen LogP contribution in [0.2, 0.25) is 0 Å². The molecule has 1 aliphatic heterocycles.